The molecule has 0 aromatic rings. The van der Waals surface area contributed by atoms with Crippen LogP contribution in [0.1, 0.15) is 126 Å². The maximum atomic E-state index is 14.4. The van der Waals surface area contributed by atoms with Crippen LogP contribution in [0.4, 0.5) is 0 Å². The third kappa shape index (κ3) is 15.6. The van der Waals surface area contributed by atoms with Gasteiger partial charge in [-0.3, -0.25) is 19.2 Å². The number of aliphatic hydroxyl groups is 2. The number of allylic oxidation sites excluding steroid dienone is 6. The topological polar surface area (TPSA) is 184 Å². The summed E-state index contributed by atoms with van der Waals surface area (Å²) in [5.74, 6) is -7.32. The molecule has 378 valence electrons. The molecule has 2 saturated heterocycles. The summed E-state index contributed by atoms with van der Waals surface area (Å²) >= 11 is 0. The zero-order valence-corrected chi connectivity index (χ0v) is 42.1. The lowest BCUT2D eigenvalue weighted by Gasteiger charge is -2.42. The predicted molar refractivity (Wildman–Crippen MR) is 254 cm³/mol. The van der Waals surface area contributed by atoms with Crippen molar-refractivity contribution in [1.29, 1.82) is 0 Å². The van der Waals surface area contributed by atoms with Crippen molar-refractivity contribution < 1.29 is 62.6 Å². The minimum absolute atomic E-state index is 0.0140. The Morgan fingerprint density at radius 1 is 0.836 bits per heavy atom. The Labute approximate surface area is 400 Å². The van der Waals surface area contributed by atoms with Crippen LogP contribution in [0.15, 0.2) is 48.1 Å². The lowest BCUT2D eigenvalue weighted by Crippen LogP contribution is -2.61. The van der Waals surface area contributed by atoms with Gasteiger partial charge >= 0.3 is 5.97 Å². The molecule has 3 fully saturated rings. The summed E-state index contributed by atoms with van der Waals surface area (Å²) in [5, 5.41) is 21.3. The smallest absolute Gasteiger partial charge is 0.329 e. The third-order valence-electron chi connectivity index (χ3n) is 14.8. The first kappa shape index (κ1) is 56.2. The molecule has 0 aromatic heterocycles. The second kappa shape index (κ2) is 27.1. The van der Waals surface area contributed by atoms with Gasteiger partial charge in [-0.1, -0.05) is 84.1 Å². The fourth-order valence-electron chi connectivity index (χ4n) is 10.4. The van der Waals surface area contributed by atoms with E-state index in [4.69, 9.17) is 28.4 Å². The molecule has 1 saturated carbocycles. The molecule has 14 nitrogen and oxygen atoms in total. The van der Waals surface area contributed by atoms with Crippen molar-refractivity contribution in [3.8, 4) is 0 Å². The molecule has 2 N–H and O–H groups in total. The number of carbonyl (C=O) groups excluding carboxylic acids is 5. The maximum Gasteiger partial charge on any atom is 0.329 e. The van der Waals surface area contributed by atoms with E-state index >= 15 is 0 Å². The molecule has 4 rings (SSSR count). The Kier molecular flexibility index (Phi) is 22.8. The fraction of sp³-hybridized carbons (Fsp3) is 0.755. The number of amides is 1. The molecule has 3 heterocycles. The Balaban J connectivity index is 1.67. The van der Waals surface area contributed by atoms with Gasteiger partial charge < -0.3 is 43.5 Å². The summed E-state index contributed by atoms with van der Waals surface area (Å²) in [4.78, 5) is 72.0. The van der Waals surface area contributed by atoms with Crippen LogP contribution in [0, 0.1) is 41.4 Å². The van der Waals surface area contributed by atoms with Crippen molar-refractivity contribution in [1.82, 2.24) is 4.90 Å². The van der Waals surface area contributed by atoms with Crippen molar-refractivity contribution in [3.63, 3.8) is 0 Å². The fourth-order valence-corrected chi connectivity index (χ4v) is 10.4. The van der Waals surface area contributed by atoms with Crippen molar-refractivity contribution in [2.24, 2.45) is 41.4 Å². The van der Waals surface area contributed by atoms with Gasteiger partial charge in [0.05, 0.1) is 37.6 Å². The largest absolute Gasteiger partial charge is 0.460 e. The van der Waals surface area contributed by atoms with Crippen molar-refractivity contribution in [2.75, 3.05) is 41.1 Å². The molecule has 1 unspecified atom stereocenters. The van der Waals surface area contributed by atoms with E-state index in [0.717, 1.165) is 18.4 Å². The molecule has 2 bridgehead atoms. The molecule has 1 amide bonds. The molecular formula is C53H83NO13. The number of aliphatic hydroxyl groups excluding tert-OH is 1. The zero-order chi connectivity index (χ0) is 49.4. The highest BCUT2D eigenvalue weighted by molar-refractivity contribution is 6.39. The third-order valence-corrected chi connectivity index (χ3v) is 14.8. The number of esters is 1. The lowest BCUT2D eigenvalue weighted by atomic mass is 9.78. The van der Waals surface area contributed by atoms with Crippen LogP contribution in [0.2, 0.25) is 0 Å². The first-order valence-electron chi connectivity index (χ1n) is 24.9. The van der Waals surface area contributed by atoms with E-state index in [0.29, 0.717) is 51.4 Å². The number of piperidine rings is 1. The van der Waals surface area contributed by atoms with E-state index in [1.165, 1.54) is 12.0 Å². The highest BCUT2D eigenvalue weighted by Crippen LogP contribution is 2.38. The van der Waals surface area contributed by atoms with Gasteiger partial charge in [0.15, 0.2) is 5.78 Å². The monoisotopic (exact) mass is 942 g/mol. The van der Waals surface area contributed by atoms with E-state index in [1.807, 2.05) is 58.1 Å². The van der Waals surface area contributed by atoms with Crippen LogP contribution in [-0.2, 0) is 52.4 Å². The molecule has 1 aliphatic carbocycles. The number of hydrogen-bond donors (Lipinski definition) is 2. The Hall–Kier alpha value is -3.37. The predicted octanol–water partition coefficient (Wildman–Crippen LogP) is 7.08. The van der Waals surface area contributed by atoms with E-state index in [2.05, 4.69) is 13.0 Å². The Morgan fingerprint density at radius 2 is 1.58 bits per heavy atom. The minimum Gasteiger partial charge on any atom is -0.460 e. The van der Waals surface area contributed by atoms with Crippen LogP contribution in [-0.4, -0.2) is 134 Å². The molecule has 0 spiro atoms. The first-order chi connectivity index (χ1) is 31.9. The number of Topliss-reactive ketones (excluding diaryl/α,β-unsaturated/α-hetero) is 3. The van der Waals surface area contributed by atoms with Gasteiger partial charge in [-0.15, -0.1) is 0 Å². The second-order valence-corrected chi connectivity index (χ2v) is 20.0. The number of hydrogen-bond acceptors (Lipinski definition) is 13. The van der Waals surface area contributed by atoms with Crippen LogP contribution >= 0.6 is 0 Å². The van der Waals surface area contributed by atoms with E-state index < -0.39 is 65.7 Å². The molecule has 14 heteroatoms. The summed E-state index contributed by atoms with van der Waals surface area (Å²) in [6, 6.07) is -1.11. The maximum absolute atomic E-state index is 14.4. The van der Waals surface area contributed by atoms with Gasteiger partial charge in [0.1, 0.15) is 24.0 Å². The summed E-state index contributed by atoms with van der Waals surface area (Å²) in [6.45, 7) is 13.5. The standard InChI is InChI=1S/C53H83NO13/c1-33-16-12-11-13-17-35(3)45(62-8)31-41-23-21-39(7)53(61,67-41)50(58)51(59)54-25-15-14-18-42(54)52(60)66-46(37(5)29-40-22-24-44(65-27-26-55)47(30-40)63-9)32-43(56)34(2)19-20-36(4)49(64-10)48(57)38(6)28-33/h11-13,16-17,19-20,33-34,36-42,44-47,49,55,61H,14-15,18,21-32H2,1-10H3/b13-11+,16-12+,20-19+,35-17+/t33-,34-,36-,37-,38-,39-,40+,41+,42+,44-,45+,46?,47-,49-,53-/m1/s1. The summed E-state index contributed by atoms with van der Waals surface area (Å²) in [6.07, 6.45) is 16.6. The van der Waals surface area contributed by atoms with Gasteiger partial charge in [-0.2, -0.15) is 0 Å². The number of ether oxygens (including phenoxy) is 6. The van der Waals surface area contributed by atoms with Crippen molar-refractivity contribution >= 4 is 29.2 Å². The van der Waals surface area contributed by atoms with Crippen LogP contribution in [0.5, 0.6) is 0 Å². The Morgan fingerprint density at radius 3 is 2.27 bits per heavy atom. The van der Waals surface area contributed by atoms with E-state index in [1.54, 1.807) is 34.1 Å². The number of carbonyl (C=O) groups is 5. The van der Waals surface area contributed by atoms with Gasteiger partial charge in [0, 0.05) is 64.4 Å². The normalized spacial score (nSPS) is 39.1. The van der Waals surface area contributed by atoms with Gasteiger partial charge in [0.2, 0.25) is 5.79 Å². The van der Waals surface area contributed by atoms with E-state index in [9.17, 15) is 34.2 Å². The summed E-state index contributed by atoms with van der Waals surface area (Å²) in [5.41, 5.74) is 0.902. The molecular weight excluding hydrogens is 859 g/mol. The molecule has 0 radical (unpaired) electrons. The number of ketones is 3. The number of rotatable bonds is 9. The average molecular weight is 942 g/mol. The van der Waals surface area contributed by atoms with Crippen LogP contribution in [0.25, 0.3) is 0 Å². The quantitative estimate of drug-likeness (QED) is 0.136. The zero-order valence-electron chi connectivity index (χ0n) is 42.1. The van der Waals surface area contributed by atoms with E-state index in [-0.39, 0.29) is 86.0 Å². The molecule has 3 aliphatic heterocycles. The number of nitrogens with zero attached hydrogens (tertiary/aromatic N) is 1. The number of cyclic esters (lactones) is 1. The molecule has 4 aliphatic rings. The van der Waals surface area contributed by atoms with Crippen molar-refractivity contribution in [3.05, 3.63) is 48.1 Å². The lowest BCUT2D eigenvalue weighted by molar-refractivity contribution is -0.265. The molecule has 0 aromatic carbocycles. The van der Waals surface area contributed by atoms with Crippen LogP contribution in [0.3, 0.4) is 0 Å². The van der Waals surface area contributed by atoms with Gasteiger partial charge in [-0.25, -0.2) is 4.79 Å². The highest BCUT2D eigenvalue weighted by Gasteiger charge is 2.53. The summed E-state index contributed by atoms with van der Waals surface area (Å²) < 4.78 is 35.8. The van der Waals surface area contributed by atoms with Crippen LogP contribution < -0.4 is 0 Å². The first-order valence-corrected chi connectivity index (χ1v) is 24.9. The minimum atomic E-state index is -2.41. The Bertz CT molecular complexity index is 1760. The average Bonchev–Trinajstić information content (AvgIpc) is 3.31. The van der Waals surface area contributed by atoms with Gasteiger partial charge in [-0.05, 0) is 94.5 Å². The van der Waals surface area contributed by atoms with Crippen molar-refractivity contribution in [2.45, 2.75) is 174 Å². The highest BCUT2D eigenvalue weighted by atomic mass is 16.6. The van der Waals surface area contributed by atoms with Gasteiger partial charge in [0.25, 0.3) is 11.7 Å². The summed E-state index contributed by atoms with van der Waals surface area (Å²) in [7, 11) is 4.76. The molecule has 15 atom stereocenters. The second-order valence-electron chi connectivity index (χ2n) is 20.0. The number of methoxy groups -OCH3 is 3. The number of fused-ring (bicyclic) bond motifs is 3. The SMILES string of the molecule is CO[C@H]1C[C@@H]2CC[C@@H](C)[C@@](O)(O2)C(=O)C(=O)N2CCCC[C@H]2C(=O)OC([C@H](C)C[C@@H]2CC[C@@H](OCCO)[C@H](OC)C2)CC(=O)[C@H](C)/C=C/[C@@H](C)[C@@H](OC)C(=O)[C@H](C)C[C@H](C)/C=C/C=C/C=C/1C. The molecule has 67 heavy (non-hydrogen) atoms.